The lowest BCUT2D eigenvalue weighted by molar-refractivity contribution is 0.618. The standard InChI is InChI=1S/C17H18N4/c1-2-12-6-4-9-20-16(12)17(21-18)15-7-3-5-13-11-19-10-8-14(13)15/h3-11,17,21H,2,18H2,1H3. The lowest BCUT2D eigenvalue weighted by Crippen LogP contribution is -2.30. The molecule has 0 bridgehead atoms. The van der Waals surface area contributed by atoms with Gasteiger partial charge in [-0.1, -0.05) is 31.2 Å². The third kappa shape index (κ3) is 2.51. The molecule has 3 N–H and O–H groups in total. The smallest absolute Gasteiger partial charge is 0.0890 e. The van der Waals surface area contributed by atoms with Crippen LogP contribution in [-0.4, -0.2) is 9.97 Å². The van der Waals surface area contributed by atoms with Crippen LogP contribution in [0.15, 0.2) is 55.0 Å². The Kier molecular flexibility index (Phi) is 3.90. The summed E-state index contributed by atoms with van der Waals surface area (Å²) in [5.74, 6) is 5.85. The number of fused-ring (bicyclic) bond motifs is 1. The molecule has 0 spiro atoms. The predicted molar refractivity (Wildman–Crippen MR) is 84.5 cm³/mol. The number of nitrogens with zero attached hydrogens (tertiary/aromatic N) is 2. The van der Waals surface area contributed by atoms with E-state index in [2.05, 4.69) is 40.5 Å². The van der Waals surface area contributed by atoms with Gasteiger partial charge in [0.15, 0.2) is 0 Å². The van der Waals surface area contributed by atoms with E-state index < -0.39 is 0 Å². The highest BCUT2D eigenvalue weighted by Gasteiger charge is 2.18. The predicted octanol–water partition coefficient (Wildman–Crippen LogP) is 2.74. The summed E-state index contributed by atoms with van der Waals surface area (Å²) in [5, 5.41) is 2.24. The first-order valence-electron chi connectivity index (χ1n) is 7.07. The maximum Gasteiger partial charge on any atom is 0.0890 e. The van der Waals surface area contributed by atoms with Crippen LogP contribution < -0.4 is 11.3 Å². The van der Waals surface area contributed by atoms with Crippen molar-refractivity contribution in [2.75, 3.05) is 0 Å². The van der Waals surface area contributed by atoms with Crippen molar-refractivity contribution in [3.05, 3.63) is 71.8 Å². The van der Waals surface area contributed by atoms with Crippen LogP contribution in [-0.2, 0) is 6.42 Å². The Balaban J connectivity index is 2.19. The van der Waals surface area contributed by atoms with E-state index >= 15 is 0 Å². The van der Waals surface area contributed by atoms with Crippen molar-refractivity contribution < 1.29 is 0 Å². The molecule has 0 aliphatic rings. The second-order valence-electron chi connectivity index (χ2n) is 4.95. The van der Waals surface area contributed by atoms with Crippen LogP contribution in [0.25, 0.3) is 10.8 Å². The van der Waals surface area contributed by atoms with Gasteiger partial charge in [0.25, 0.3) is 0 Å². The van der Waals surface area contributed by atoms with E-state index in [1.165, 1.54) is 5.56 Å². The molecule has 0 amide bonds. The highest BCUT2D eigenvalue weighted by molar-refractivity contribution is 5.85. The van der Waals surface area contributed by atoms with E-state index in [1.54, 1.807) is 6.20 Å². The summed E-state index contributed by atoms with van der Waals surface area (Å²) in [6.07, 6.45) is 6.41. The summed E-state index contributed by atoms with van der Waals surface area (Å²) in [7, 11) is 0. The number of hydrogen-bond donors (Lipinski definition) is 2. The molecule has 0 aliphatic heterocycles. The lowest BCUT2D eigenvalue weighted by atomic mass is 9.95. The molecule has 2 aromatic heterocycles. The largest absolute Gasteiger partial charge is 0.271 e. The van der Waals surface area contributed by atoms with Gasteiger partial charge in [0.1, 0.15) is 0 Å². The molecule has 0 aliphatic carbocycles. The maximum atomic E-state index is 5.85. The molecule has 2 heterocycles. The van der Waals surface area contributed by atoms with Crippen LogP contribution in [0.2, 0.25) is 0 Å². The van der Waals surface area contributed by atoms with Gasteiger partial charge in [0, 0.05) is 24.0 Å². The number of benzene rings is 1. The molecule has 4 heteroatoms. The molecular weight excluding hydrogens is 260 g/mol. The second-order valence-corrected chi connectivity index (χ2v) is 4.95. The molecule has 4 nitrogen and oxygen atoms in total. The lowest BCUT2D eigenvalue weighted by Gasteiger charge is -2.20. The number of nitrogens with one attached hydrogen (secondary N) is 1. The number of pyridine rings is 2. The van der Waals surface area contributed by atoms with Gasteiger partial charge >= 0.3 is 0 Å². The van der Waals surface area contributed by atoms with Crippen molar-refractivity contribution in [2.24, 2.45) is 5.84 Å². The highest BCUT2D eigenvalue weighted by Crippen LogP contribution is 2.28. The average molecular weight is 278 g/mol. The van der Waals surface area contributed by atoms with Gasteiger partial charge in [-0.2, -0.15) is 0 Å². The molecule has 1 atom stereocenters. The second kappa shape index (κ2) is 5.99. The number of hydrogen-bond acceptors (Lipinski definition) is 4. The number of rotatable bonds is 4. The van der Waals surface area contributed by atoms with Crippen molar-refractivity contribution >= 4 is 10.8 Å². The molecule has 0 radical (unpaired) electrons. The molecule has 3 rings (SSSR count). The van der Waals surface area contributed by atoms with Gasteiger partial charge in [0.2, 0.25) is 0 Å². The molecular formula is C17H18N4. The Bertz CT molecular complexity index is 749. The van der Waals surface area contributed by atoms with Gasteiger partial charge in [-0.25, -0.2) is 5.43 Å². The summed E-state index contributed by atoms with van der Waals surface area (Å²) in [6, 6.07) is 12.1. The number of aromatic nitrogens is 2. The minimum absolute atomic E-state index is 0.132. The molecule has 3 aromatic rings. The monoisotopic (exact) mass is 278 g/mol. The minimum atomic E-state index is -0.132. The minimum Gasteiger partial charge on any atom is -0.271 e. The summed E-state index contributed by atoms with van der Waals surface area (Å²) in [4.78, 5) is 8.72. The van der Waals surface area contributed by atoms with E-state index in [4.69, 9.17) is 5.84 Å². The van der Waals surface area contributed by atoms with Crippen LogP contribution in [0.3, 0.4) is 0 Å². The highest BCUT2D eigenvalue weighted by atomic mass is 15.2. The average Bonchev–Trinajstić information content (AvgIpc) is 2.56. The van der Waals surface area contributed by atoms with E-state index in [0.717, 1.165) is 28.5 Å². The van der Waals surface area contributed by atoms with Crippen molar-refractivity contribution in [1.29, 1.82) is 0 Å². The zero-order valence-electron chi connectivity index (χ0n) is 12.0. The van der Waals surface area contributed by atoms with Crippen LogP contribution in [0, 0.1) is 0 Å². The van der Waals surface area contributed by atoms with E-state index in [-0.39, 0.29) is 6.04 Å². The summed E-state index contributed by atoms with van der Waals surface area (Å²) >= 11 is 0. The molecule has 106 valence electrons. The Hall–Kier alpha value is -2.30. The number of nitrogens with two attached hydrogens (primary N) is 1. The van der Waals surface area contributed by atoms with Crippen LogP contribution in [0.4, 0.5) is 0 Å². The van der Waals surface area contributed by atoms with E-state index in [0.29, 0.717) is 0 Å². The Labute approximate surface area is 124 Å². The molecule has 1 unspecified atom stereocenters. The van der Waals surface area contributed by atoms with Gasteiger partial charge in [0.05, 0.1) is 11.7 Å². The van der Waals surface area contributed by atoms with Crippen molar-refractivity contribution in [3.63, 3.8) is 0 Å². The fourth-order valence-electron chi connectivity index (χ4n) is 2.73. The summed E-state index contributed by atoms with van der Waals surface area (Å²) < 4.78 is 0. The van der Waals surface area contributed by atoms with Crippen LogP contribution in [0.1, 0.15) is 29.8 Å². The Morgan fingerprint density at radius 3 is 2.86 bits per heavy atom. The topological polar surface area (TPSA) is 63.8 Å². The quantitative estimate of drug-likeness (QED) is 0.569. The van der Waals surface area contributed by atoms with Gasteiger partial charge in [-0.05, 0) is 35.1 Å². The van der Waals surface area contributed by atoms with Crippen molar-refractivity contribution in [2.45, 2.75) is 19.4 Å². The van der Waals surface area contributed by atoms with Gasteiger partial charge in [-0.15, -0.1) is 0 Å². The SMILES string of the molecule is CCc1cccnc1C(NN)c1cccc2cnccc12. The summed E-state index contributed by atoms with van der Waals surface area (Å²) in [5.41, 5.74) is 6.21. The third-order valence-corrected chi connectivity index (χ3v) is 3.77. The molecule has 0 fully saturated rings. The molecule has 21 heavy (non-hydrogen) atoms. The Morgan fingerprint density at radius 2 is 2.05 bits per heavy atom. The third-order valence-electron chi connectivity index (χ3n) is 3.77. The summed E-state index contributed by atoms with van der Waals surface area (Å²) in [6.45, 7) is 2.13. The maximum absolute atomic E-state index is 5.85. The van der Waals surface area contributed by atoms with E-state index in [9.17, 15) is 0 Å². The van der Waals surface area contributed by atoms with Crippen molar-refractivity contribution in [1.82, 2.24) is 15.4 Å². The first-order chi connectivity index (χ1) is 10.3. The number of aryl methyl sites for hydroxylation is 1. The number of hydrazine groups is 1. The fourth-order valence-corrected chi connectivity index (χ4v) is 2.73. The first-order valence-corrected chi connectivity index (χ1v) is 7.07. The van der Waals surface area contributed by atoms with Crippen LogP contribution in [0.5, 0.6) is 0 Å². The molecule has 0 saturated heterocycles. The normalized spacial score (nSPS) is 12.5. The fraction of sp³-hybridized carbons (Fsp3) is 0.176. The van der Waals surface area contributed by atoms with E-state index in [1.807, 2.05) is 30.6 Å². The molecule has 0 saturated carbocycles. The first kappa shape index (κ1) is 13.7. The Morgan fingerprint density at radius 1 is 1.14 bits per heavy atom. The van der Waals surface area contributed by atoms with Gasteiger partial charge < -0.3 is 0 Å². The zero-order chi connectivity index (χ0) is 14.7. The zero-order valence-corrected chi connectivity index (χ0v) is 12.0. The molecule has 1 aromatic carbocycles. The van der Waals surface area contributed by atoms with Crippen LogP contribution >= 0.6 is 0 Å². The van der Waals surface area contributed by atoms with Gasteiger partial charge in [-0.3, -0.25) is 15.8 Å². The van der Waals surface area contributed by atoms with Crippen molar-refractivity contribution in [3.8, 4) is 0 Å².